The molecule has 1 aliphatic rings. The Morgan fingerprint density at radius 1 is 1.71 bits per heavy atom. The monoisotopic (exact) mass is 236 g/mol. The van der Waals surface area contributed by atoms with Crippen molar-refractivity contribution >= 4 is 5.91 Å². The average molecular weight is 236 g/mol. The molecule has 94 valence electrons. The van der Waals surface area contributed by atoms with Gasteiger partial charge in [0.05, 0.1) is 18.3 Å². The molecular formula is C12H20N4O. The molecule has 1 aromatic heterocycles. The van der Waals surface area contributed by atoms with Gasteiger partial charge in [-0.25, -0.2) is 0 Å². The molecule has 5 heteroatoms. The molecular weight excluding hydrogens is 216 g/mol. The first-order valence-electron chi connectivity index (χ1n) is 6.06. The van der Waals surface area contributed by atoms with Crippen molar-refractivity contribution < 1.29 is 4.79 Å². The Hall–Kier alpha value is -1.36. The fraction of sp³-hybridized carbons (Fsp3) is 0.667. The molecule has 1 amide bonds. The standard InChI is InChI=1S/C12H20N4O/c1-9-7-15-16(8-9)6-5-14-11(17)12(2,13)10-3-4-10/h7-8,10H,3-6,13H2,1-2H3,(H,14,17). The van der Waals surface area contributed by atoms with Gasteiger partial charge in [0, 0.05) is 12.7 Å². The van der Waals surface area contributed by atoms with Crippen LogP contribution in [-0.2, 0) is 11.3 Å². The Labute approximate surface area is 101 Å². The van der Waals surface area contributed by atoms with Gasteiger partial charge in [-0.1, -0.05) is 0 Å². The van der Waals surface area contributed by atoms with E-state index in [0.717, 1.165) is 18.4 Å². The summed E-state index contributed by atoms with van der Waals surface area (Å²) in [4.78, 5) is 11.9. The lowest BCUT2D eigenvalue weighted by Gasteiger charge is -2.23. The number of nitrogens with zero attached hydrogens (tertiary/aromatic N) is 2. The van der Waals surface area contributed by atoms with Gasteiger partial charge < -0.3 is 11.1 Å². The van der Waals surface area contributed by atoms with Crippen LogP contribution in [0.3, 0.4) is 0 Å². The molecule has 0 aliphatic heterocycles. The second kappa shape index (κ2) is 4.49. The van der Waals surface area contributed by atoms with Crippen molar-refractivity contribution in [1.29, 1.82) is 0 Å². The van der Waals surface area contributed by atoms with E-state index in [-0.39, 0.29) is 5.91 Å². The minimum absolute atomic E-state index is 0.0520. The van der Waals surface area contributed by atoms with Crippen LogP contribution >= 0.6 is 0 Å². The van der Waals surface area contributed by atoms with Crippen LogP contribution in [0.5, 0.6) is 0 Å². The Kier molecular flexibility index (Phi) is 3.19. The van der Waals surface area contributed by atoms with Crippen LogP contribution in [0.25, 0.3) is 0 Å². The molecule has 1 saturated carbocycles. The van der Waals surface area contributed by atoms with Crippen LogP contribution in [0, 0.1) is 12.8 Å². The minimum Gasteiger partial charge on any atom is -0.353 e. The van der Waals surface area contributed by atoms with Gasteiger partial charge in [0.15, 0.2) is 0 Å². The number of hydrogen-bond donors (Lipinski definition) is 2. The van der Waals surface area contributed by atoms with Gasteiger partial charge in [-0.3, -0.25) is 9.48 Å². The largest absolute Gasteiger partial charge is 0.353 e. The number of nitrogens with two attached hydrogens (primary N) is 1. The number of aromatic nitrogens is 2. The molecule has 1 aliphatic carbocycles. The number of amides is 1. The molecule has 0 saturated heterocycles. The van der Waals surface area contributed by atoms with Gasteiger partial charge in [-0.15, -0.1) is 0 Å². The van der Waals surface area contributed by atoms with Crippen LogP contribution in [0.2, 0.25) is 0 Å². The van der Waals surface area contributed by atoms with Crippen molar-refractivity contribution in [2.24, 2.45) is 11.7 Å². The van der Waals surface area contributed by atoms with E-state index in [2.05, 4.69) is 10.4 Å². The van der Waals surface area contributed by atoms with E-state index in [1.54, 1.807) is 6.20 Å². The number of aryl methyl sites for hydroxylation is 1. The maximum Gasteiger partial charge on any atom is 0.240 e. The zero-order chi connectivity index (χ0) is 12.5. The maximum absolute atomic E-state index is 11.9. The fourth-order valence-corrected chi connectivity index (χ4v) is 1.93. The number of rotatable bonds is 5. The number of carbonyl (C=O) groups excluding carboxylic acids is 1. The van der Waals surface area contributed by atoms with Crippen molar-refractivity contribution in [2.45, 2.75) is 38.8 Å². The van der Waals surface area contributed by atoms with E-state index < -0.39 is 5.54 Å². The number of carbonyl (C=O) groups is 1. The Morgan fingerprint density at radius 2 is 2.41 bits per heavy atom. The van der Waals surface area contributed by atoms with Crippen molar-refractivity contribution in [1.82, 2.24) is 15.1 Å². The highest BCUT2D eigenvalue weighted by Crippen LogP contribution is 2.37. The summed E-state index contributed by atoms with van der Waals surface area (Å²) in [5, 5.41) is 7.03. The summed E-state index contributed by atoms with van der Waals surface area (Å²) in [6, 6.07) is 0. The molecule has 1 unspecified atom stereocenters. The predicted molar refractivity (Wildman–Crippen MR) is 65.3 cm³/mol. The summed E-state index contributed by atoms with van der Waals surface area (Å²) in [6.07, 6.45) is 5.89. The first-order chi connectivity index (χ1) is 8.00. The summed E-state index contributed by atoms with van der Waals surface area (Å²) in [5.41, 5.74) is 6.43. The van der Waals surface area contributed by atoms with Crippen LogP contribution in [0.15, 0.2) is 12.4 Å². The third-order valence-electron chi connectivity index (χ3n) is 3.30. The number of hydrogen-bond acceptors (Lipinski definition) is 3. The fourth-order valence-electron chi connectivity index (χ4n) is 1.93. The summed E-state index contributed by atoms with van der Waals surface area (Å²) >= 11 is 0. The van der Waals surface area contributed by atoms with Gasteiger partial charge in [-0.05, 0) is 38.2 Å². The van der Waals surface area contributed by atoms with E-state index in [1.807, 2.05) is 24.7 Å². The topological polar surface area (TPSA) is 72.9 Å². The molecule has 5 nitrogen and oxygen atoms in total. The second-order valence-corrected chi connectivity index (χ2v) is 5.09. The summed E-state index contributed by atoms with van der Waals surface area (Å²) in [7, 11) is 0. The smallest absolute Gasteiger partial charge is 0.240 e. The highest BCUT2D eigenvalue weighted by molar-refractivity contribution is 5.86. The highest BCUT2D eigenvalue weighted by Gasteiger charge is 2.43. The summed E-state index contributed by atoms with van der Waals surface area (Å²) in [6.45, 7) is 5.06. The SMILES string of the molecule is Cc1cnn(CCNC(=O)C(C)(N)C2CC2)c1. The van der Waals surface area contributed by atoms with Crippen molar-refractivity contribution in [2.75, 3.05) is 6.54 Å². The lowest BCUT2D eigenvalue weighted by Crippen LogP contribution is -2.53. The first kappa shape index (κ1) is 12.1. The van der Waals surface area contributed by atoms with Crippen LogP contribution in [0.1, 0.15) is 25.3 Å². The molecule has 1 aromatic rings. The van der Waals surface area contributed by atoms with Crippen LogP contribution in [0.4, 0.5) is 0 Å². The molecule has 3 N–H and O–H groups in total. The van der Waals surface area contributed by atoms with Crippen LogP contribution < -0.4 is 11.1 Å². The average Bonchev–Trinajstić information content (AvgIpc) is 3.04. The summed E-state index contributed by atoms with van der Waals surface area (Å²) < 4.78 is 1.82. The van der Waals surface area contributed by atoms with Crippen molar-refractivity contribution in [3.63, 3.8) is 0 Å². The van der Waals surface area contributed by atoms with E-state index in [9.17, 15) is 4.79 Å². The van der Waals surface area contributed by atoms with Gasteiger partial charge in [0.2, 0.25) is 5.91 Å². The third kappa shape index (κ3) is 2.85. The second-order valence-electron chi connectivity index (χ2n) is 5.09. The molecule has 0 radical (unpaired) electrons. The molecule has 0 spiro atoms. The lowest BCUT2D eigenvalue weighted by molar-refractivity contribution is -0.126. The zero-order valence-corrected chi connectivity index (χ0v) is 10.4. The molecule has 2 rings (SSSR count). The minimum atomic E-state index is -0.708. The molecule has 0 aromatic carbocycles. The Morgan fingerprint density at radius 3 is 2.94 bits per heavy atom. The van der Waals surface area contributed by atoms with E-state index in [0.29, 0.717) is 19.0 Å². The normalized spacial score (nSPS) is 18.8. The Balaban J connectivity index is 1.76. The van der Waals surface area contributed by atoms with Gasteiger partial charge in [0.1, 0.15) is 0 Å². The van der Waals surface area contributed by atoms with Crippen molar-refractivity contribution in [3.05, 3.63) is 18.0 Å². The quantitative estimate of drug-likeness (QED) is 0.779. The first-order valence-corrected chi connectivity index (χ1v) is 6.06. The lowest BCUT2D eigenvalue weighted by atomic mass is 9.96. The molecule has 1 atom stereocenters. The third-order valence-corrected chi connectivity index (χ3v) is 3.30. The summed E-state index contributed by atoms with van der Waals surface area (Å²) in [5.74, 6) is 0.304. The van der Waals surface area contributed by atoms with Crippen LogP contribution in [-0.4, -0.2) is 27.8 Å². The molecule has 1 fully saturated rings. The molecule has 0 bridgehead atoms. The molecule has 1 heterocycles. The van der Waals surface area contributed by atoms with Crippen molar-refractivity contribution in [3.8, 4) is 0 Å². The van der Waals surface area contributed by atoms with E-state index in [4.69, 9.17) is 5.73 Å². The van der Waals surface area contributed by atoms with E-state index in [1.165, 1.54) is 0 Å². The zero-order valence-electron chi connectivity index (χ0n) is 10.4. The highest BCUT2D eigenvalue weighted by atomic mass is 16.2. The van der Waals surface area contributed by atoms with Gasteiger partial charge >= 0.3 is 0 Å². The predicted octanol–water partition coefficient (Wildman–Crippen LogP) is 0.435. The molecule has 17 heavy (non-hydrogen) atoms. The van der Waals surface area contributed by atoms with E-state index >= 15 is 0 Å². The van der Waals surface area contributed by atoms with Gasteiger partial charge in [-0.2, -0.15) is 5.10 Å². The maximum atomic E-state index is 11.9. The van der Waals surface area contributed by atoms with Gasteiger partial charge in [0.25, 0.3) is 0 Å². The Bertz CT molecular complexity index is 406. The number of nitrogens with one attached hydrogen (secondary N) is 1.